The summed E-state index contributed by atoms with van der Waals surface area (Å²) in [5.41, 5.74) is 1.24. The first-order chi connectivity index (χ1) is 15.2. The second-order valence-electron chi connectivity index (χ2n) is 8.92. The van der Waals surface area contributed by atoms with E-state index in [2.05, 4.69) is 41.5 Å². The zero-order valence-corrected chi connectivity index (χ0v) is 21.9. The summed E-state index contributed by atoms with van der Waals surface area (Å²) in [7, 11) is 0. The Hall–Kier alpha value is -1.26. The second-order valence-corrected chi connectivity index (χ2v) is 8.92. The van der Waals surface area contributed by atoms with Gasteiger partial charge in [0.2, 0.25) is 6.79 Å². The van der Waals surface area contributed by atoms with Gasteiger partial charge in [-0.25, -0.2) is 0 Å². The summed E-state index contributed by atoms with van der Waals surface area (Å²) in [6, 6.07) is 6.85. The van der Waals surface area contributed by atoms with Crippen LogP contribution in [0.3, 0.4) is 0 Å². The van der Waals surface area contributed by atoms with Gasteiger partial charge in [-0.05, 0) is 63.3 Å². The van der Waals surface area contributed by atoms with E-state index in [9.17, 15) is 0 Å². The lowest BCUT2D eigenvalue weighted by molar-refractivity contribution is 0.0530. The number of fused-ring (bicyclic) bond motifs is 1. The molecule has 3 heterocycles. The predicted octanol–water partition coefficient (Wildman–Crippen LogP) is 3.51. The minimum absolute atomic E-state index is 0. The van der Waals surface area contributed by atoms with Crippen molar-refractivity contribution in [2.24, 2.45) is 4.99 Å². The highest BCUT2D eigenvalue weighted by atomic mass is 127. The third kappa shape index (κ3) is 6.20. The van der Waals surface area contributed by atoms with Crippen LogP contribution in [0, 0.1) is 0 Å². The minimum atomic E-state index is -0.0356. The molecular formula is C24H39IN4O3. The molecular weight excluding hydrogens is 519 g/mol. The third-order valence-corrected chi connectivity index (χ3v) is 6.79. The molecule has 0 saturated carbocycles. The molecule has 32 heavy (non-hydrogen) atoms. The summed E-state index contributed by atoms with van der Waals surface area (Å²) < 4.78 is 16.9. The van der Waals surface area contributed by atoms with Crippen LogP contribution in [0.1, 0.15) is 51.5 Å². The number of hydrogen-bond acceptors (Lipinski definition) is 5. The maximum atomic E-state index is 5.70. The number of hydrogen-bond donors (Lipinski definition) is 2. The molecule has 1 aromatic rings. The van der Waals surface area contributed by atoms with E-state index in [0.717, 1.165) is 56.6 Å². The summed E-state index contributed by atoms with van der Waals surface area (Å²) in [6.07, 6.45) is 5.50. The maximum absolute atomic E-state index is 5.70. The van der Waals surface area contributed by atoms with Crippen molar-refractivity contribution in [2.45, 2.75) is 57.4 Å². The Labute approximate surface area is 209 Å². The summed E-state index contributed by atoms with van der Waals surface area (Å²) >= 11 is 0. The van der Waals surface area contributed by atoms with Gasteiger partial charge in [-0.15, -0.1) is 24.0 Å². The van der Waals surface area contributed by atoms with Gasteiger partial charge < -0.3 is 29.7 Å². The van der Waals surface area contributed by atoms with E-state index < -0.39 is 0 Å². The zero-order valence-electron chi connectivity index (χ0n) is 19.5. The SMILES string of the molecule is CCCN1CCC(NC(=NCC2(c3ccc4c(c3)OCO4)CCOCC2)NCC)CC1.I. The Morgan fingerprint density at radius 2 is 1.88 bits per heavy atom. The molecule has 0 aliphatic carbocycles. The zero-order chi connectivity index (χ0) is 21.5. The summed E-state index contributed by atoms with van der Waals surface area (Å²) in [5.74, 6) is 2.61. The van der Waals surface area contributed by atoms with Gasteiger partial charge >= 0.3 is 0 Å². The Morgan fingerprint density at radius 1 is 1.12 bits per heavy atom. The number of guanidine groups is 1. The van der Waals surface area contributed by atoms with E-state index in [-0.39, 0.29) is 29.4 Å². The molecule has 0 bridgehead atoms. The lowest BCUT2D eigenvalue weighted by Crippen LogP contribution is -2.49. The smallest absolute Gasteiger partial charge is 0.231 e. The van der Waals surface area contributed by atoms with Crippen LogP contribution < -0.4 is 20.1 Å². The largest absolute Gasteiger partial charge is 0.454 e. The molecule has 0 amide bonds. The van der Waals surface area contributed by atoms with E-state index in [4.69, 9.17) is 19.2 Å². The van der Waals surface area contributed by atoms with Gasteiger partial charge in [-0.3, -0.25) is 4.99 Å². The average molecular weight is 559 g/mol. The van der Waals surface area contributed by atoms with Gasteiger partial charge in [-0.2, -0.15) is 0 Å². The van der Waals surface area contributed by atoms with Crippen molar-refractivity contribution < 1.29 is 14.2 Å². The molecule has 8 heteroatoms. The van der Waals surface area contributed by atoms with Crippen LogP contribution in [-0.2, 0) is 10.2 Å². The van der Waals surface area contributed by atoms with Crippen LogP contribution in [0.5, 0.6) is 11.5 Å². The van der Waals surface area contributed by atoms with Gasteiger partial charge in [0.15, 0.2) is 17.5 Å². The van der Waals surface area contributed by atoms with Gasteiger partial charge in [0, 0.05) is 44.3 Å². The number of likely N-dealkylation sites (tertiary alicyclic amines) is 1. The number of ether oxygens (including phenoxy) is 3. The number of aliphatic imine (C=N–C) groups is 1. The minimum Gasteiger partial charge on any atom is -0.454 e. The van der Waals surface area contributed by atoms with Crippen LogP contribution in [0.2, 0.25) is 0 Å². The van der Waals surface area contributed by atoms with Gasteiger partial charge in [0.25, 0.3) is 0 Å². The van der Waals surface area contributed by atoms with Crippen molar-refractivity contribution in [3.8, 4) is 11.5 Å². The second kappa shape index (κ2) is 12.3. The molecule has 7 nitrogen and oxygen atoms in total. The molecule has 0 spiro atoms. The molecule has 3 aliphatic heterocycles. The molecule has 0 unspecified atom stereocenters. The van der Waals surface area contributed by atoms with Crippen molar-refractivity contribution in [1.82, 2.24) is 15.5 Å². The molecule has 2 fully saturated rings. The van der Waals surface area contributed by atoms with Crippen LogP contribution in [0.4, 0.5) is 0 Å². The van der Waals surface area contributed by atoms with E-state index in [1.807, 2.05) is 6.07 Å². The molecule has 1 aromatic carbocycles. The van der Waals surface area contributed by atoms with Crippen LogP contribution >= 0.6 is 24.0 Å². The molecule has 0 aromatic heterocycles. The van der Waals surface area contributed by atoms with Crippen molar-refractivity contribution in [2.75, 3.05) is 52.7 Å². The van der Waals surface area contributed by atoms with E-state index in [1.165, 1.54) is 44.5 Å². The Kier molecular flexibility index (Phi) is 9.73. The molecule has 3 aliphatic rings. The average Bonchev–Trinajstić information content (AvgIpc) is 3.28. The van der Waals surface area contributed by atoms with Gasteiger partial charge in [-0.1, -0.05) is 13.0 Å². The quantitative estimate of drug-likeness (QED) is 0.304. The number of benzene rings is 1. The summed E-state index contributed by atoms with van der Waals surface area (Å²) in [6.45, 7) is 11.4. The van der Waals surface area contributed by atoms with E-state index in [1.54, 1.807) is 0 Å². The van der Waals surface area contributed by atoms with Crippen LogP contribution in [0.15, 0.2) is 23.2 Å². The highest BCUT2D eigenvalue weighted by molar-refractivity contribution is 14.0. The lowest BCUT2D eigenvalue weighted by Gasteiger charge is -2.37. The van der Waals surface area contributed by atoms with E-state index >= 15 is 0 Å². The van der Waals surface area contributed by atoms with Crippen LogP contribution in [-0.4, -0.2) is 69.6 Å². The Bertz CT molecular complexity index is 747. The normalized spacial score (nSPS) is 21.1. The predicted molar refractivity (Wildman–Crippen MR) is 139 cm³/mol. The number of nitrogens with one attached hydrogen (secondary N) is 2. The van der Waals surface area contributed by atoms with Crippen molar-refractivity contribution in [3.63, 3.8) is 0 Å². The summed E-state index contributed by atoms with van der Waals surface area (Å²) in [4.78, 5) is 7.65. The first-order valence-corrected chi connectivity index (χ1v) is 12.0. The topological polar surface area (TPSA) is 67.4 Å². The third-order valence-electron chi connectivity index (χ3n) is 6.79. The number of nitrogens with zero attached hydrogens (tertiary/aromatic N) is 2. The fraction of sp³-hybridized carbons (Fsp3) is 0.708. The Balaban J connectivity index is 0.00000289. The first kappa shape index (κ1) is 25.4. The molecule has 0 atom stereocenters. The number of piperidine rings is 1. The first-order valence-electron chi connectivity index (χ1n) is 12.0. The monoisotopic (exact) mass is 558 g/mol. The van der Waals surface area contributed by atoms with Crippen LogP contribution in [0.25, 0.3) is 0 Å². The Morgan fingerprint density at radius 3 is 2.59 bits per heavy atom. The molecule has 4 rings (SSSR count). The molecule has 2 saturated heterocycles. The van der Waals surface area contributed by atoms with Gasteiger partial charge in [0.1, 0.15) is 0 Å². The highest BCUT2D eigenvalue weighted by Gasteiger charge is 2.36. The molecule has 180 valence electrons. The van der Waals surface area contributed by atoms with Crippen molar-refractivity contribution in [3.05, 3.63) is 23.8 Å². The lowest BCUT2D eigenvalue weighted by atomic mass is 9.74. The van der Waals surface area contributed by atoms with Gasteiger partial charge in [0.05, 0.1) is 6.54 Å². The van der Waals surface area contributed by atoms with E-state index in [0.29, 0.717) is 12.8 Å². The highest BCUT2D eigenvalue weighted by Crippen LogP contribution is 2.41. The standard InChI is InChI=1S/C24H38N4O3.HI/c1-3-11-28-12-7-20(8-13-28)27-23(25-4-2)26-17-24(9-14-29-15-10-24)19-5-6-21-22(16-19)31-18-30-21;/h5-6,16,20H,3-4,7-15,17-18H2,1-2H3,(H2,25,26,27);1H. The molecule has 0 radical (unpaired) electrons. The summed E-state index contributed by atoms with van der Waals surface area (Å²) in [5, 5.41) is 7.17. The number of halogens is 1. The number of rotatable bonds is 7. The molecule has 2 N–H and O–H groups in total. The van der Waals surface area contributed by atoms with Crippen molar-refractivity contribution >= 4 is 29.9 Å². The maximum Gasteiger partial charge on any atom is 0.231 e. The fourth-order valence-electron chi connectivity index (χ4n) is 4.89. The fourth-order valence-corrected chi connectivity index (χ4v) is 4.89. The van der Waals surface area contributed by atoms with Crippen molar-refractivity contribution in [1.29, 1.82) is 0 Å².